The van der Waals surface area contributed by atoms with Crippen LogP contribution in [0.1, 0.15) is 55.4 Å². The third-order valence-electron chi connectivity index (χ3n) is 4.97. The number of nitrogens with zero attached hydrogens (tertiary/aromatic N) is 2. The number of hydrogen-bond acceptors (Lipinski definition) is 3. The third kappa shape index (κ3) is 3.10. The molecule has 1 saturated carbocycles. The number of aliphatic hydroxyl groups excluding tert-OH is 1. The molecule has 2 heterocycles. The summed E-state index contributed by atoms with van der Waals surface area (Å²) in [6, 6.07) is 5.65. The number of carbonyl (C=O) groups is 1. The van der Waals surface area contributed by atoms with E-state index >= 15 is 0 Å². The second-order valence-electron chi connectivity index (χ2n) is 6.29. The Hall–Kier alpha value is -1.42. The average molecular weight is 288 g/mol. The minimum Gasteiger partial charge on any atom is -0.393 e. The van der Waals surface area contributed by atoms with Gasteiger partial charge in [0.2, 0.25) is 0 Å². The normalized spacial score (nSPS) is 30.1. The first-order valence-corrected chi connectivity index (χ1v) is 8.17. The number of aromatic nitrogens is 1. The van der Waals surface area contributed by atoms with E-state index in [2.05, 4.69) is 4.98 Å². The number of aliphatic hydroxyl groups is 1. The van der Waals surface area contributed by atoms with Crippen molar-refractivity contribution < 1.29 is 9.90 Å². The molecule has 4 heteroatoms. The van der Waals surface area contributed by atoms with Gasteiger partial charge in [0.05, 0.1) is 6.10 Å². The van der Waals surface area contributed by atoms with Gasteiger partial charge in [-0.1, -0.05) is 18.9 Å². The van der Waals surface area contributed by atoms with Crippen LogP contribution in [0.4, 0.5) is 0 Å². The molecule has 3 rings (SSSR count). The fourth-order valence-electron chi connectivity index (χ4n) is 3.88. The van der Waals surface area contributed by atoms with Gasteiger partial charge < -0.3 is 10.0 Å². The molecular weight excluding hydrogens is 264 g/mol. The second-order valence-corrected chi connectivity index (χ2v) is 6.29. The Labute approximate surface area is 126 Å². The van der Waals surface area contributed by atoms with Crippen LogP contribution >= 0.6 is 0 Å². The molecule has 3 unspecified atom stereocenters. The Morgan fingerprint density at radius 3 is 2.71 bits per heavy atom. The Balaban J connectivity index is 1.79. The van der Waals surface area contributed by atoms with Gasteiger partial charge in [-0.2, -0.15) is 0 Å². The van der Waals surface area contributed by atoms with E-state index in [-0.39, 0.29) is 24.0 Å². The summed E-state index contributed by atoms with van der Waals surface area (Å²) in [4.78, 5) is 18.9. The number of likely N-dealkylation sites (tertiary alicyclic amines) is 1. The van der Waals surface area contributed by atoms with E-state index in [0.717, 1.165) is 45.1 Å². The number of pyridine rings is 1. The number of rotatable bonds is 2. The number of hydrogen-bond donors (Lipinski definition) is 1. The minimum atomic E-state index is -0.249. The maximum Gasteiger partial charge on any atom is 0.272 e. The van der Waals surface area contributed by atoms with E-state index in [4.69, 9.17) is 0 Å². The first-order valence-electron chi connectivity index (χ1n) is 8.17. The SMILES string of the molecule is O=C(c1ccccn1)N1CCCCC1C1CCCCC1O. The summed E-state index contributed by atoms with van der Waals surface area (Å²) in [5.41, 5.74) is 0.523. The number of carbonyl (C=O) groups excluding carboxylic acids is 1. The van der Waals surface area contributed by atoms with Crippen molar-refractivity contribution in [2.75, 3.05) is 6.54 Å². The minimum absolute atomic E-state index is 0.0260. The lowest BCUT2D eigenvalue weighted by molar-refractivity contribution is -0.00151. The van der Waals surface area contributed by atoms with Crippen molar-refractivity contribution in [2.24, 2.45) is 5.92 Å². The zero-order valence-electron chi connectivity index (χ0n) is 12.4. The maximum absolute atomic E-state index is 12.7. The van der Waals surface area contributed by atoms with E-state index in [9.17, 15) is 9.90 Å². The summed E-state index contributed by atoms with van der Waals surface area (Å²) in [6.45, 7) is 0.795. The molecule has 1 aliphatic heterocycles. The third-order valence-corrected chi connectivity index (χ3v) is 4.97. The molecule has 1 saturated heterocycles. The molecule has 0 radical (unpaired) electrons. The molecule has 0 bridgehead atoms. The molecule has 1 aliphatic carbocycles. The Morgan fingerprint density at radius 1 is 1.14 bits per heavy atom. The highest BCUT2D eigenvalue weighted by molar-refractivity contribution is 5.92. The molecule has 4 nitrogen and oxygen atoms in total. The summed E-state index contributed by atoms with van der Waals surface area (Å²) in [5, 5.41) is 10.3. The molecule has 1 aromatic rings. The fourth-order valence-corrected chi connectivity index (χ4v) is 3.88. The van der Waals surface area contributed by atoms with E-state index < -0.39 is 0 Å². The van der Waals surface area contributed by atoms with Crippen LogP contribution in [0.3, 0.4) is 0 Å². The molecule has 3 atom stereocenters. The van der Waals surface area contributed by atoms with Crippen molar-refractivity contribution in [3.8, 4) is 0 Å². The standard InChI is InChI=1S/C17H24N2O2/c20-16-10-2-1-7-13(16)15-9-4-6-12-19(15)17(21)14-8-3-5-11-18-14/h3,5,8,11,13,15-16,20H,1-2,4,6-7,9-10,12H2. The van der Waals surface area contributed by atoms with E-state index in [1.54, 1.807) is 12.3 Å². The predicted molar refractivity (Wildman–Crippen MR) is 80.9 cm³/mol. The van der Waals surface area contributed by atoms with E-state index in [1.807, 2.05) is 17.0 Å². The van der Waals surface area contributed by atoms with Gasteiger partial charge in [-0.05, 0) is 44.2 Å². The fraction of sp³-hybridized carbons (Fsp3) is 0.647. The van der Waals surface area contributed by atoms with E-state index in [0.29, 0.717) is 5.69 Å². The molecule has 1 amide bonds. The number of amides is 1. The van der Waals surface area contributed by atoms with Crippen molar-refractivity contribution in [1.82, 2.24) is 9.88 Å². The summed E-state index contributed by atoms with van der Waals surface area (Å²) < 4.78 is 0. The quantitative estimate of drug-likeness (QED) is 0.910. The van der Waals surface area contributed by atoms with Crippen molar-refractivity contribution in [3.63, 3.8) is 0 Å². The number of piperidine rings is 1. The first kappa shape index (κ1) is 14.5. The highest BCUT2D eigenvalue weighted by atomic mass is 16.3. The summed E-state index contributed by atoms with van der Waals surface area (Å²) in [6.07, 6.45) is 8.84. The van der Waals surface area contributed by atoms with Gasteiger partial charge in [0.15, 0.2) is 0 Å². The van der Waals surface area contributed by atoms with Gasteiger partial charge in [0.1, 0.15) is 5.69 Å². The van der Waals surface area contributed by atoms with Crippen LogP contribution in [0.2, 0.25) is 0 Å². The van der Waals surface area contributed by atoms with Crippen molar-refractivity contribution in [1.29, 1.82) is 0 Å². The molecule has 1 aromatic heterocycles. The van der Waals surface area contributed by atoms with Crippen LogP contribution in [0.15, 0.2) is 24.4 Å². The molecule has 1 N–H and O–H groups in total. The molecule has 21 heavy (non-hydrogen) atoms. The van der Waals surface area contributed by atoms with Gasteiger partial charge in [-0.3, -0.25) is 9.78 Å². The molecular formula is C17H24N2O2. The van der Waals surface area contributed by atoms with Gasteiger partial charge in [-0.25, -0.2) is 0 Å². The highest BCUT2D eigenvalue weighted by Crippen LogP contribution is 2.34. The zero-order valence-corrected chi connectivity index (χ0v) is 12.4. The van der Waals surface area contributed by atoms with Crippen LogP contribution in [0.25, 0.3) is 0 Å². The smallest absolute Gasteiger partial charge is 0.272 e. The Bertz CT molecular complexity index is 477. The predicted octanol–water partition coefficient (Wildman–Crippen LogP) is 2.63. The van der Waals surface area contributed by atoms with Crippen LogP contribution in [0.5, 0.6) is 0 Å². The average Bonchev–Trinajstić information content (AvgIpc) is 2.55. The van der Waals surface area contributed by atoms with Crippen LogP contribution in [-0.2, 0) is 0 Å². The summed E-state index contributed by atoms with van der Waals surface area (Å²) in [7, 11) is 0. The Morgan fingerprint density at radius 2 is 1.95 bits per heavy atom. The van der Waals surface area contributed by atoms with Gasteiger partial charge in [-0.15, -0.1) is 0 Å². The summed E-state index contributed by atoms with van der Waals surface area (Å²) in [5.74, 6) is 0.268. The van der Waals surface area contributed by atoms with Crippen LogP contribution in [-0.4, -0.2) is 39.6 Å². The zero-order chi connectivity index (χ0) is 14.7. The largest absolute Gasteiger partial charge is 0.393 e. The van der Waals surface area contributed by atoms with Crippen molar-refractivity contribution in [2.45, 2.75) is 57.1 Å². The lowest BCUT2D eigenvalue weighted by atomic mass is 9.78. The Kier molecular flexibility index (Phi) is 4.54. The molecule has 0 aromatic carbocycles. The molecule has 0 spiro atoms. The van der Waals surface area contributed by atoms with Gasteiger partial charge in [0.25, 0.3) is 5.91 Å². The lowest BCUT2D eigenvalue weighted by Gasteiger charge is -2.43. The van der Waals surface area contributed by atoms with Crippen LogP contribution < -0.4 is 0 Å². The monoisotopic (exact) mass is 288 g/mol. The van der Waals surface area contributed by atoms with Crippen LogP contribution in [0, 0.1) is 5.92 Å². The molecule has 2 fully saturated rings. The van der Waals surface area contributed by atoms with Gasteiger partial charge >= 0.3 is 0 Å². The maximum atomic E-state index is 12.7. The summed E-state index contributed by atoms with van der Waals surface area (Å²) >= 11 is 0. The van der Waals surface area contributed by atoms with Gasteiger partial charge in [0, 0.05) is 24.7 Å². The second kappa shape index (κ2) is 6.56. The lowest BCUT2D eigenvalue weighted by Crippen LogP contribution is -2.51. The van der Waals surface area contributed by atoms with E-state index in [1.165, 1.54) is 6.42 Å². The van der Waals surface area contributed by atoms with Crippen molar-refractivity contribution >= 4 is 5.91 Å². The highest BCUT2D eigenvalue weighted by Gasteiger charge is 2.38. The first-order chi connectivity index (χ1) is 10.3. The topological polar surface area (TPSA) is 53.4 Å². The van der Waals surface area contributed by atoms with Crippen molar-refractivity contribution in [3.05, 3.63) is 30.1 Å². The molecule has 114 valence electrons. The molecule has 2 aliphatic rings.